The first-order valence-electron chi connectivity index (χ1n) is 8.42. The van der Waals surface area contributed by atoms with Crippen LogP contribution < -0.4 is 4.90 Å². The normalized spacial score (nSPS) is 22.0. The number of hydrogen-bond donors (Lipinski definition) is 1. The molecule has 2 saturated heterocycles. The molecule has 0 amide bonds. The Morgan fingerprint density at radius 1 is 1.26 bits per heavy atom. The summed E-state index contributed by atoms with van der Waals surface area (Å²) in [4.78, 5) is 20.0. The summed E-state index contributed by atoms with van der Waals surface area (Å²) in [6, 6.07) is 5.80. The summed E-state index contributed by atoms with van der Waals surface area (Å²) >= 11 is 0. The lowest BCUT2D eigenvalue weighted by Gasteiger charge is -2.41. The second-order valence-electron chi connectivity index (χ2n) is 6.40. The number of nitrogens with zero attached hydrogens (tertiary/aromatic N) is 3. The smallest absolute Gasteiger partial charge is 0.354 e. The van der Waals surface area contributed by atoms with Crippen LogP contribution >= 0.6 is 0 Å². The second-order valence-corrected chi connectivity index (χ2v) is 6.40. The molecule has 0 aliphatic carbocycles. The van der Waals surface area contributed by atoms with Crippen LogP contribution in [0.15, 0.2) is 18.2 Å². The van der Waals surface area contributed by atoms with Crippen molar-refractivity contribution >= 4 is 11.8 Å². The molecule has 3 heterocycles. The van der Waals surface area contributed by atoms with E-state index in [0.717, 1.165) is 58.1 Å². The molecule has 1 aromatic rings. The highest BCUT2D eigenvalue weighted by Gasteiger charge is 2.29. The molecule has 6 nitrogen and oxygen atoms in total. The summed E-state index contributed by atoms with van der Waals surface area (Å²) in [6.45, 7) is 7.96. The lowest BCUT2D eigenvalue weighted by molar-refractivity contribution is 0.00447. The number of piperidine rings is 1. The summed E-state index contributed by atoms with van der Waals surface area (Å²) in [6.07, 6.45) is 2.25. The number of aromatic nitrogens is 1. The zero-order valence-electron chi connectivity index (χ0n) is 13.6. The molecule has 0 unspecified atom stereocenters. The number of ether oxygens (including phenoxy) is 1. The van der Waals surface area contributed by atoms with Crippen molar-refractivity contribution in [3.05, 3.63) is 23.9 Å². The first-order chi connectivity index (χ1) is 11.1. The van der Waals surface area contributed by atoms with Crippen molar-refractivity contribution in [2.45, 2.75) is 25.8 Å². The van der Waals surface area contributed by atoms with E-state index in [1.165, 1.54) is 0 Å². The van der Waals surface area contributed by atoms with E-state index < -0.39 is 5.97 Å². The van der Waals surface area contributed by atoms with Gasteiger partial charge >= 0.3 is 5.97 Å². The molecule has 0 bridgehead atoms. The van der Waals surface area contributed by atoms with Crippen molar-refractivity contribution in [2.24, 2.45) is 5.92 Å². The minimum absolute atomic E-state index is 0.117. The summed E-state index contributed by atoms with van der Waals surface area (Å²) in [5.74, 6) is 0.497. The van der Waals surface area contributed by atoms with Gasteiger partial charge in [-0.1, -0.05) is 6.07 Å². The van der Waals surface area contributed by atoms with Crippen LogP contribution in [0.4, 0.5) is 5.82 Å². The standard InChI is InChI=1S/C17H25N3O3/c1-13(19-9-11-23-12-10-19)14-5-7-20(8-6-14)16-4-2-3-15(18-16)17(21)22/h2-4,13-14H,5-12H2,1H3,(H,21,22)/t13-/m1/s1. The SMILES string of the molecule is C[C@H](C1CCN(c2cccc(C(=O)O)n2)CC1)N1CCOCC1. The van der Waals surface area contributed by atoms with Gasteiger partial charge in [0, 0.05) is 32.2 Å². The number of morpholine rings is 1. The van der Waals surface area contributed by atoms with Crippen LogP contribution in [-0.2, 0) is 4.74 Å². The molecular weight excluding hydrogens is 294 g/mol. The van der Waals surface area contributed by atoms with E-state index in [1.54, 1.807) is 12.1 Å². The van der Waals surface area contributed by atoms with Crippen molar-refractivity contribution in [3.63, 3.8) is 0 Å². The number of carboxylic acids is 1. The van der Waals surface area contributed by atoms with Gasteiger partial charge in [-0.15, -0.1) is 0 Å². The molecule has 0 saturated carbocycles. The first kappa shape index (κ1) is 16.2. The van der Waals surface area contributed by atoms with Gasteiger partial charge in [-0.25, -0.2) is 9.78 Å². The Labute approximate surface area is 137 Å². The van der Waals surface area contributed by atoms with Gasteiger partial charge < -0.3 is 14.7 Å². The third kappa shape index (κ3) is 3.82. The summed E-state index contributed by atoms with van der Waals surface area (Å²) < 4.78 is 5.44. The highest BCUT2D eigenvalue weighted by Crippen LogP contribution is 2.27. The highest BCUT2D eigenvalue weighted by atomic mass is 16.5. The molecule has 126 valence electrons. The Hall–Kier alpha value is -1.66. The Bertz CT molecular complexity index is 538. The highest BCUT2D eigenvalue weighted by molar-refractivity contribution is 5.85. The van der Waals surface area contributed by atoms with Gasteiger partial charge in [0.25, 0.3) is 0 Å². The fourth-order valence-corrected chi connectivity index (χ4v) is 3.61. The number of aromatic carboxylic acids is 1. The van der Waals surface area contributed by atoms with Crippen LogP contribution in [0.25, 0.3) is 0 Å². The van der Waals surface area contributed by atoms with Gasteiger partial charge in [0.15, 0.2) is 5.69 Å². The Balaban J connectivity index is 1.57. The number of hydrogen-bond acceptors (Lipinski definition) is 5. The largest absolute Gasteiger partial charge is 0.477 e. The lowest BCUT2D eigenvalue weighted by Crippen LogP contribution is -2.48. The van der Waals surface area contributed by atoms with Crippen LogP contribution in [0.3, 0.4) is 0 Å². The van der Waals surface area contributed by atoms with Crippen LogP contribution in [0.1, 0.15) is 30.3 Å². The molecule has 3 rings (SSSR count). The number of carbonyl (C=O) groups is 1. The maximum atomic E-state index is 11.1. The number of pyridine rings is 1. The lowest BCUT2D eigenvalue weighted by atomic mass is 9.89. The minimum Gasteiger partial charge on any atom is -0.477 e. The Morgan fingerprint density at radius 3 is 2.61 bits per heavy atom. The van der Waals surface area contributed by atoms with E-state index in [-0.39, 0.29) is 5.69 Å². The first-order valence-corrected chi connectivity index (χ1v) is 8.42. The third-order valence-corrected chi connectivity index (χ3v) is 5.12. The molecule has 23 heavy (non-hydrogen) atoms. The van der Waals surface area contributed by atoms with Crippen LogP contribution in [-0.4, -0.2) is 66.4 Å². The Morgan fingerprint density at radius 2 is 1.96 bits per heavy atom. The van der Waals surface area contributed by atoms with Gasteiger partial charge in [-0.2, -0.15) is 0 Å². The average Bonchev–Trinajstić information content (AvgIpc) is 2.62. The van der Waals surface area contributed by atoms with Gasteiger partial charge in [-0.3, -0.25) is 4.90 Å². The fourth-order valence-electron chi connectivity index (χ4n) is 3.61. The zero-order valence-corrected chi connectivity index (χ0v) is 13.6. The van der Waals surface area contributed by atoms with E-state index in [9.17, 15) is 4.79 Å². The van der Waals surface area contributed by atoms with Crippen molar-refractivity contribution in [2.75, 3.05) is 44.3 Å². The average molecular weight is 319 g/mol. The van der Waals surface area contributed by atoms with Crippen molar-refractivity contribution in [1.29, 1.82) is 0 Å². The van der Waals surface area contributed by atoms with Gasteiger partial charge in [0.05, 0.1) is 13.2 Å². The van der Waals surface area contributed by atoms with Crippen LogP contribution in [0.2, 0.25) is 0 Å². The minimum atomic E-state index is -0.970. The number of anilines is 1. The molecule has 2 fully saturated rings. The number of carboxylic acid groups (broad SMARTS) is 1. The summed E-state index contributed by atoms with van der Waals surface area (Å²) in [5, 5.41) is 9.07. The topological polar surface area (TPSA) is 65.9 Å². The van der Waals surface area contributed by atoms with E-state index in [1.807, 2.05) is 6.07 Å². The van der Waals surface area contributed by atoms with E-state index in [4.69, 9.17) is 9.84 Å². The van der Waals surface area contributed by atoms with Crippen molar-refractivity contribution in [3.8, 4) is 0 Å². The molecule has 2 aliphatic rings. The molecule has 1 atom stereocenters. The molecular formula is C17H25N3O3. The summed E-state index contributed by atoms with van der Waals surface area (Å²) in [5.41, 5.74) is 0.117. The van der Waals surface area contributed by atoms with Gasteiger partial charge in [-0.05, 0) is 37.8 Å². The molecule has 0 radical (unpaired) electrons. The maximum Gasteiger partial charge on any atom is 0.354 e. The van der Waals surface area contributed by atoms with Crippen molar-refractivity contribution < 1.29 is 14.6 Å². The van der Waals surface area contributed by atoms with Gasteiger partial charge in [0.2, 0.25) is 0 Å². The maximum absolute atomic E-state index is 11.1. The number of rotatable bonds is 4. The van der Waals surface area contributed by atoms with Crippen LogP contribution in [0.5, 0.6) is 0 Å². The second kappa shape index (κ2) is 7.27. The van der Waals surface area contributed by atoms with E-state index >= 15 is 0 Å². The monoisotopic (exact) mass is 319 g/mol. The molecule has 1 N–H and O–H groups in total. The third-order valence-electron chi connectivity index (χ3n) is 5.12. The Kier molecular flexibility index (Phi) is 5.13. The van der Waals surface area contributed by atoms with E-state index in [2.05, 4.69) is 21.7 Å². The quantitative estimate of drug-likeness (QED) is 0.911. The predicted octanol–water partition coefficient (Wildman–Crippen LogP) is 1.72. The molecule has 6 heteroatoms. The van der Waals surface area contributed by atoms with Crippen LogP contribution in [0, 0.1) is 5.92 Å². The fraction of sp³-hybridized carbons (Fsp3) is 0.647. The van der Waals surface area contributed by atoms with Crippen molar-refractivity contribution in [1.82, 2.24) is 9.88 Å². The summed E-state index contributed by atoms with van der Waals surface area (Å²) in [7, 11) is 0. The van der Waals surface area contributed by atoms with E-state index in [0.29, 0.717) is 12.0 Å². The molecule has 0 aromatic carbocycles. The molecule has 1 aromatic heterocycles. The predicted molar refractivity (Wildman–Crippen MR) is 88.0 cm³/mol. The molecule has 2 aliphatic heterocycles. The van der Waals surface area contributed by atoms with Gasteiger partial charge in [0.1, 0.15) is 5.82 Å². The molecule has 0 spiro atoms. The zero-order chi connectivity index (χ0) is 16.2.